The molecule has 0 bridgehead atoms. The molecule has 1 amide bonds. The second kappa shape index (κ2) is 4.04. The normalized spacial score (nSPS) is 10.7. The van der Waals surface area contributed by atoms with Crippen LogP contribution in [0.3, 0.4) is 0 Å². The lowest BCUT2D eigenvalue weighted by atomic mass is 10.3. The summed E-state index contributed by atoms with van der Waals surface area (Å²) in [7, 11) is 3.70. The average molecular weight is 182 g/mol. The third kappa shape index (κ3) is 3.25. The maximum Gasteiger partial charge on any atom is 0.231 e. The topological polar surface area (TPSA) is 64.2 Å². The van der Waals surface area contributed by atoms with Crippen LogP contribution in [0.1, 0.15) is 5.56 Å². The Hall–Kier alpha value is -1.36. The SMILES string of the molecule is CN(CC(N)=O)Cc1cnn(C)c1. The Labute approximate surface area is 77.1 Å². The van der Waals surface area contributed by atoms with Crippen molar-refractivity contribution in [2.45, 2.75) is 6.54 Å². The van der Waals surface area contributed by atoms with Gasteiger partial charge in [-0.1, -0.05) is 0 Å². The first-order chi connectivity index (χ1) is 6.08. The van der Waals surface area contributed by atoms with Crippen LogP contribution in [-0.2, 0) is 18.4 Å². The largest absolute Gasteiger partial charge is 0.369 e. The quantitative estimate of drug-likeness (QED) is 0.672. The molecule has 1 aromatic heterocycles. The molecule has 0 saturated carbocycles. The standard InChI is InChI=1S/C8H14N4O/c1-11(6-8(9)13)4-7-3-10-12(2)5-7/h3,5H,4,6H2,1-2H3,(H2,9,13). The van der Waals surface area contributed by atoms with Crippen LogP contribution >= 0.6 is 0 Å². The monoisotopic (exact) mass is 182 g/mol. The van der Waals surface area contributed by atoms with Crippen LogP contribution in [-0.4, -0.2) is 34.2 Å². The number of nitrogens with zero attached hydrogens (tertiary/aromatic N) is 3. The van der Waals surface area contributed by atoms with Crippen LogP contribution in [0.4, 0.5) is 0 Å². The Morgan fingerprint density at radius 2 is 2.46 bits per heavy atom. The van der Waals surface area contributed by atoms with Gasteiger partial charge in [0.15, 0.2) is 0 Å². The predicted octanol–water partition coefficient (Wildman–Crippen LogP) is -0.663. The summed E-state index contributed by atoms with van der Waals surface area (Å²) in [5.74, 6) is -0.314. The van der Waals surface area contributed by atoms with Crippen molar-refractivity contribution in [2.24, 2.45) is 12.8 Å². The van der Waals surface area contributed by atoms with Gasteiger partial charge in [-0.25, -0.2) is 0 Å². The van der Waals surface area contributed by atoms with E-state index in [1.54, 1.807) is 10.9 Å². The molecule has 1 aromatic rings. The van der Waals surface area contributed by atoms with E-state index >= 15 is 0 Å². The molecular weight excluding hydrogens is 168 g/mol. The highest BCUT2D eigenvalue weighted by Crippen LogP contribution is 1.99. The van der Waals surface area contributed by atoms with E-state index in [9.17, 15) is 4.79 Å². The van der Waals surface area contributed by atoms with Gasteiger partial charge in [-0.05, 0) is 7.05 Å². The van der Waals surface area contributed by atoms with Crippen molar-refractivity contribution in [2.75, 3.05) is 13.6 Å². The number of primary amides is 1. The molecule has 0 aliphatic heterocycles. The van der Waals surface area contributed by atoms with Gasteiger partial charge in [0.2, 0.25) is 5.91 Å². The fourth-order valence-corrected chi connectivity index (χ4v) is 1.19. The highest BCUT2D eigenvalue weighted by molar-refractivity contribution is 5.75. The van der Waals surface area contributed by atoms with Crippen LogP contribution in [0.15, 0.2) is 12.4 Å². The zero-order valence-corrected chi connectivity index (χ0v) is 7.90. The summed E-state index contributed by atoms with van der Waals surface area (Å²) in [4.78, 5) is 12.4. The van der Waals surface area contributed by atoms with E-state index < -0.39 is 0 Å². The van der Waals surface area contributed by atoms with Crippen LogP contribution < -0.4 is 5.73 Å². The minimum atomic E-state index is -0.314. The van der Waals surface area contributed by atoms with E-state index in [0.717, 1.165) is 5.56 Å². The summed E-state index contributed by atoms with van der Waals surface area (Å²) < 4.78 is 1.73. The molecule has 0 aromatic carbocycles. The summed E-state index contributed by atoms with van der Waals surface area (Å²) in [6, 6.07) is 0. The van der Waals surface area contributed by atoms with Crippen LogP contribution in [0, 0.1) is 0 Å². The Morgan fingerprint density at radius 3 is 2.92 bits per heavy atom. The second-order valence-corrected chi connectivity index (χ2v) is 3.16. The van der Waals surface area contributed by atoms with Gasteiger partial charge in [-0.2, -0.15) is 5.10 Å². The van der Waals surface area contributed by atoms with Gasteiger partial charge in [-0.3, -0.25) is 14.4 Å². The number of carbonyl (C=O) groups is 1. The second-order valence-electron chi connectivity index (χ2n) is 3.16. The maximum absolute atomic E-state index is 10.6. The van der Waals surface area contributed by atoms with Gasteiger partial charge >= 0.3 is 0 Å². The number of nitrogens with two attached hydrogens (primary N) is 1. The molecule has 0 aliphatic carbocycles. The van der Waals surface area contributed by atoms with Crippen molar-refractivity contribution in [3.05, 3.63) is 18.0 Å². The molecule has 0 spiro atoms. The first-order valence-electron chi connectivity index (χ1n) is 4.02. The lowest BCUT2D eigenvalue weighted by molar-refractivity contribution is -0.118. The summed E-state index contributed by atoms with van der Waals surface area (Å²) in [6.45, 7) is 0.964. The number of hydrogen-bond donors (Lipinski definition) is 1. The zero-order chi connectivity index (χ0) is 9.84. The fourth-order valence-electron chi connectivity index (χ4n) is 1.19. The van der Waals surface area contributed by atoms with Crippen molar-refractivity contribution >= 4 is 5.91 Å². The van der Waals surface area contributed by atoms with Gasteiger partial charge < -0.3 is 5.73 Å². The molecule has 1 heterocycles. The predicted molar refractivity (Wildman–Crippen MR) is 48.7 cm³/mol. The highest BCUT2D eigenvalue weighted by atomic mass is 16.1. The Kier molecular flexibility index (Phi) is 3.02. The molecule has 0 radical (unpaired) electrons. The molecule has 0 aliphatic rings. The molecule has 13 heavy (non-hydrogen) atoms. The van der Waals surface area contributed by atoms with Crippen LogP contribution in [0.2, 0.25) is 0 Å². The molecular formula is C8H14N4O. The van der Waals surface area contributed by atoms with Crippen molar-refractivity contribution < 1.29 is 4.79 Å². The van der Waals surface area contributed by atoms with E-state index in [0.29, 0.717) is 6.54 Å². The zero-order valence-electron chi connectivity index (χ0n) is 7.90. The summed E-state index contributed by atoms with van der Waals surface area (Å²) in [5, 5.41) is 4.02. The van der Waals surface area contributed by atoms with E-state index in [4.69, 9.17) is 5.73 Å². The number of aryl methyl sites for hydroxylation is 1. The van der Waals surface area contributed by atoms with Crippen molar-refractivity contribution in [3.8, 4) is 0 Å². The highest BCUT2D eigenvalue weighted by Gasteiger charge is 2.04. The molecule has 0 saturated heterocycles. The average Bonchev–Trinajstić information content (AvgIpc) is 2.33. The van der Waals surface area contributed by atoms with Gasteiger partial charge in [-0.15, -0.1) is 0 Å². The molecule has 72 valence electrons. The first-order valence-corrected chi connectivity index (χ1v) is 4.02. The molecule has 1 rings (SSSR count). The number of amides is 1. The third-order valence-corrected chi connectivity index (χ3v) is 1.64. The van der Waals surface area contributed by atoms with E-state index in [1.807, 2.05) is 25.2 Å². The Morgan fingerprint density at radius 1 is 1.77 bits per heavy atom. The Bertz CT molecular complexity index is 294. The molecule has 5 heteroatoms. The number of aromatic nitrogens is 2. The number of carbonyl (C=O) groups excluding carboxylic acids is 1. The molecule has 0 atom stereocenters. The summed E-state index contributed by atoms with van der Waals surface area (Å²) >= 11 is 0. The fraction of sp³-hybridized carbons (Fsp3) is 0.500. The van der Waals surface area contributed by atoms with E-state index in [1.165, 1.54) is 0 Å². The molecule has 5 nitrogen and oxygen atoms in total. The Balaban J connectivity index is 2.44. The van der Waals surface area contributed by atoms with Gasteiger partial charge in [0.25, 0.3) is 0 Å². The third-order valence-electron chi connectivity index (χ3n) is 1.64. The van der Waals surface area contributed by atoms with Crippen LogP contribution in [0.5, 0.6) is 0 Å². The van der Waals surface area contributed by atoms with Gasteiger partial charge in [0.05, 0.1) is 12.7 Å². The lowest BCUT2D eigenvalue weighted by Gasteiger charge is -2.12. The van der Waals surface area contributed by atoms with Crippen LogP contribution in [0.25, 0.3) is 0 Å². The molecule has 2 N–H and O–H groups in total. The molecule has 0 unspecified atom stereocenters. The van der Waals surface area contributed by atoms with E-state index in [2.05, 4.69) is 5.10 Å². The smallest absolute Gasteiger partial charge is 0.231 e. The van der Waals surface area contributed by atoms with Crippen molar-refractivity contribution in [1.82, 2.24) is 14.7 Å². The van der Waals surface area contributed by atoms with Gasteiger partial charge in [0.1, 0.15) is 0 Å². The van der Waals surface area contributed by atoms with Crippen molar-refractivity contribution in [3.63, 3.8) is 0 Å². The maximum atomic E-state index is 10.6. The van der Waals surface area contributed by atoms with Crippen molar-refractivity contribution in [1.29, 1.82) is 0 Å². The van der Waals surface area contributed by atoms with E-state index in [-0.39, 0.29) is 12.5 Å². The number of likely N-dealkylation sites (N-methyl/N-ethyl adjacent to an activating group) is 1. The summed E-state index contributed by atoms with van der Waals surface area (Å²) in [6.07, 6.45) is 3.69. The summed E-state index contributed by atoms with van der Waals surface area (Å²) in [5.41, 5.74) is 6.13. The first kappa shape index (κ1) is 9.73. The minimum absolute atomic E-state index is 0.273. The molecule has 0 fully saturated rings. The minimum Gasteiger partial charge on any atom is -0.369 e. The number of rotatable bonds is 4. The number of hydrogen-bond acceptors (Lipinski definition) is 3. The lowest BCUT2D eigenvalue weighted by Crippen LogP contribution is -2.30. The van der Waals surface area contributed by atoms with Gasteiger partial charge in [0, 0.05) is 25.4 Å².